The van der Waals surface area contributed by atoms with Crippen molar-refractivity contribution in [3.63, 3.8) is 0 Å². The van der Waals surface area contributed by atoms with E-state index in [1.54, 1.807) is 0 Å². The van der Waals surface area contributed by atoms with Gasteiger partial charge in [0, 0.05) is 17.8 Å². The minimum absolute atomic E-state index is 0.433. The first-order valence-electron chi connectivity index (χ1n) is 10.0. The van der Waals surface area contributed by atoms with Crippen molar-refractivity contribution < 1.29 is 4.74 Å². The molecule has 3 saturated heterocycles. The van der Waals surface area contributed by atoms with Crippen LogP contribution in [-0.4, -0.2) is 34.3 Å². The van der Waals surface area contributed by atoms with Crippen LogP contribution in [0.15, 0.2) is 60.8 Å². The van der Waals surface area contributed by atoms with Gasteiger partial charge in [-0.25, -0.2) is 0 Å². The molecule has 3 aliphatic rings. The van der Waals surface area contributed by atoms with Crippen molar-refractivity contribution >= 4 is 11.6 Å². The van der Waals surface area contributed by atoms with E-state index in [9.17, 15) is 0 Å². The zero-order chi connectivity index (χ0) is 18.9. The first-order valence-corrected chi connectivity index (χ1v) is 10.4. The average Bonchev–Trinajstić information content (AvgIpc) is 3.18. The molecule has 144 valence electrons. The average molecular weight is 394 g/mol. The molecule has 4 nitrogen and oxygen atoms in total. The van der Waals surface area contributed by atoms with E-state index in [2.05, 4.69) is 27.9 Å². The Bertz CT molecular complexity index is 930. The van der Waals surface area contributed by atoms with Gasteiger partial charge in [-0.3, -0.25) is 4.68 Å². The molecular formula is C23H24ClN3O. The van der Waals surface area contributed by atoms with Gasteiger partial charge in [0.25, 0.3) is 0 Å². The molecule has 28 heavy (non-hydrogen) atoms. The van der Waals surface area contributed by atoms with Crippen LogP contribution < -0.4 is 4.74 Å². The van der Waals surface area contributed by atoms with Crippen LogP contribution in [0.3, 0.4) is 0 Å². The van der Waals surface area contributed by atoms with Gasteiger partial charge in [-0.05, 0) is 55.1 Å². The van der Waals surface area contributed by atoms with Crippen LogP contribution in [0.5, 0.6) is 5.88 Å². The van der Waals surface area contributed by atoms with Gasteiger partial charge >= 0.3 is 0 Å². The van der Waals surface area contributed by atoms with Crippen molar-refractivity contribution in [2.45, 2.75) is 25.5 Å². The van der Waals surface area contributed by atoms with Crippen LogP contribution in [0.2, 0.25) is 5.02 Å². The fourth-order valence-corrected chi connectivity index (χ4v) is 4.56. The molecule has 5 heteroatoms. The van der Waals surface area contributed by atoms with Crippen molar-refractivity contribution in [2.75, 3.05) is 19.6 Å². The van der Waals surface area contributed by atoms with E-state index in [0.29, 0.717) is 24.4 Å². The molecule has 0 radical (unpaired) electrons. The number of nitrogens with zero attached hydrogens (tertiary/aromatic N) is 3. The molecule has 3 fully saturated rings. The molecule has 2 aromatic carbocycles. The lowest BCUT2D eigenvalue weighted by Crippen LogP contribution is -2.48. The van der Waals surface area contributed by atoms with Crippen molar-refractivity contribution in [1.82, 2.24) is 14.7 Å². The molecule has 6 rings (SSSR count). The van der Waals surface area contributed by atoms with Gasteiger partial charge in [0.15, 0.2) is 0 Å². The minimum Gasteiger partial charge on any atom is -0.471 e. The molecule has 2 bridgehead atoms. The van der Waals surface area contributed by atoms with Crippen molar-refractivity contribution in [2.24, 2.45) is 5.92 Å². The summed E-state index contributed by atoms with van der Waals surface area (Å²) in [6, 6.07) is 18.6. The van der Waals surface area contributed by atoms with E-state index in [0.717, 1.165) is 28.3 Å². The molecule has 4 heterocycles. The Hall–Kier alpha value is -2.30. The van der Waals surface area contributed by atoms with E-state index in [-0.39, 0.29) is 0 Å². The molecule has 0 saturated carbocycles. The SMILES string of the molecule is Clc1ccc(-c2cn(C3CN4CCC3CC4)nc2OCc2ccccc2)cc1. The maximum absolute atomic E-state index is 6.18. The quantitative estimate of drug-likeness (QED) is 0.607. The Balaban J connectivity index is 1.46. The van der Waals surface area contributed by atoms with Gasteiger partial charge in [0.05, 0.1) is 11.6 Å². The number of benzene rings is 2. The third-order valence-electron chi connectivity index (χ3n) is 6.03. The lowest BCUT2D eigenvalue weighted by atomic mass is 9.84. The zero-order valence-electron chi connectivity index (χ0n) is 15.8. The van der Waals surface area contributed by atoms with E-state index >= 15 is 0 Å². The molecule has 3 aromatic rings. The van der Waals surface area contributed by atoms with Crippen LogP contribution in [0.25, 0.3) is 11.1 Å². The molecule has 0 N–H and O–H groups in total. The van der Waals surface area contributed by atoms with Gasteiger partial charge in [-0.15, -0.1) is 5.10 Å². The number of halogens is 1. The summed E-state index contributed by atoms with van der Waals surface area (Å²) in [5.41, 5.74) is 3.26. The highest BCUT2D eigenvalue weighted by atomic mass is 35.5. The third kappa shape index (κ3) is 3.54. The Morgan fingerprint density at radius 1 is 1.00 bits per heavy atom. The monoisotopic (exact) mass is 393 g/mol. The Morgan fingerprint density at radius 3 is 2.43 bits per heavy atom. The normalized spacial score (nSPS) is 23.7. The summed E-state index contributed by atoms with van der Waals surface area (Å²) in [6.07, 6.45) is 4.69. The fourth-order valence-electron chi connectivity index (χ4n) is 4.44. The molecule has 1 unspecified atom stereocenters. The van der Waals surface area contributed by atoms with Crippen molar-refractivity contribution in [3.05, 3.63) is 71.4 Å². The first kappa shape index (κ1) is 17.8. The number of piperidine rings is 3. The van der Waals surface area contributed by atoms with Crippen LogP contribution in [0, 0.1) is 5.92 Å². The van der Waals surface area contributed by atoms with Gasteiger partial charge in [0.1, 0.15) is 6.61 Å². The lowest BCUT2D eigenvalue weighted by molar-refractivity contribution is 0.0505. The fraction of sp³-hybridized carbons (Fsp3) is 0.348. The summed E-state index contributed by atoms with van der Waals surface area (Å²) in [6.45, 7) is 4.05. The van der Waals surface area contributed by atoms with Crippen LogP contribution in [0.1, 0.15) is 24.4 Å². The highest BCUT2D eigenvalue weighted by molar-refractivity contribution is 6.30. The lowest BCUT2D eigenvalue weighted by Gasteiger charge is -2.44. The van der Waals surface area contributed by atoms with Gasteiger partial charge in [-0.1, -0.05) is 54.1 Å². The minimum atomic E-state index is 0.433. The summed E-state index contributed by atoms with van der Waals surface area (Å²) in [5, 5.41) is 5.64. The summed E-state index contributed by atoms with van der Waals surface area (Å²) in [7, 11) is 0. The number of rotatable bonds is 5. The topological polar surface area (TPSA) is 30.3 Å². The number of fused-ring (bicyclic) bond motifs is 3. The zero-order valence-corrected chi connectivity index (χ0v) is 16.6. The molecule has 0 amide bonds. The number of hydrogen-bond donors (Lipinski definition) is 0. The van der Waals surface area contributed by atoms with Crippen molar-refractivity contribution in [3.8, 4) is 17.0 Å². The molecule has 0 aliphatic carbocycles. The smallest absolute Gasteiger partial charge is 0.241 e. The first-order chi connectivity index (χ1) is 13.8. The number of aromatic nitrogens is 2. The summed E-state index contributed by atoms with van der Waals surface area (Å²) in [5.74, 6) is 1.41. The summed E-state index contributed by atoms with van der Waals surface area (Å²) < 4.78 is 8.33. The second-order valence-electron chi connectivity index (χ2n) is 7.81. The Labute approximate surface area is 170 Å². The van der Waals surface area contributed by atoms with Crippen LogP contribution in [-0.2, 0) is 6.61 Å². The number of ether oxygens (including phenoxy) is 1. The second-order valence-corrected chi connectivity index (χ2v) is 8.25. The van der Waals surface area contributed by atoms with Crippen LogP contribution in [0.4, 0.5) is 0 Å². The van der Waals surface area contributed by atoms with E-state index in [1.165, 1.54) is 25.9 Å². The van der Waals surface area contributed by atoms with Gasteiger partial charge < -0.3 is 9.64 Å². The van der Waals surface area contributed by atoms with Gasteiger partial charge in [0.2, 0.25) is 5.88 Å². The highest BCUT2D eigenvalue weighted by Crippen LogP contribution is 2.38. The molecular weight excluding hydrogens is 370 g/mol. The maximum atomic E-state index is 6.18. The predicted octanol–water partition coefficient (Wildman–Crippen LogP) is 5.05. The standard InChI is InChI=1S/C23H24ClN3O/c24-20-8-6-18(7-9-20)21-14-27(22-15-26-12-10-19(22)11-13-26)25-23(21)28-16-17-4-2-1-3-5-17/h1-9,14,19,22H,10-13,15-16H2. The van der Waals surface area contributed by atoms with E-state index < -0.39 is 0 Å². The molecule has 1 atom stereocenters. The van der Waals surface area contributed by atoms with Gasteiger partial charge in [-0.2, -0.15) is 0 Å². The van der Waals surface area contributed by atoms with Crippen molar-refractivity contribution in [1.29, 1.82) is 0 Å². The molecule has 3 aliphatic heterocycles. The third-order valence-corrected chi connectivity index (χ3v) is 6.29. The van der Waals surface area contributed by atoms with E-state index in [1.807, 2.05) is 42.5 Å². The second kappa shape index (κ2) is 7.61. The summed E-state index contributed by atoms with van der Waals surface area (Å²) in [4.78, 5) is 2.55. The molecule has 1 aromatic heterocycles. The Morgan fingerprint density at radius 2 is 1.75 bits per heavy atom. The predicted molar refractivity (Wildman–Crippen MR) is 112 cm³/mol. The highest BCUT2D eigenvalue weighted by Gasteiger charge is 2.36. The van der Waals surface area contributed by atoms with Crippen LogP contribution >= 0.6 is 11.6 Å². The Kier molecular flexibility index (Phi) is 4.83. The number of hydrogen-bond acceptors (Lipinski definition) is 3. The maximum Gasteiger partial charge on any atom is 0.241 e. The largest absolute Gasteiger partial charge is 0.471 e. The molecule has 0 spiro atoms. The van der Waals surface area contributed by atoms with E-state index in [4.69, 9.17) is 21.4 Å². The summed E-state index contributed by atoms with van der Waals surface area (Å²) >= 11 is 6.09.